The monoisotopic (exact) mass is 267 g/mol. The van der Waals surface area contributed by atoms with Crippen molar-refractivity contribution in [3.8, 4) is 0 Å². The van der Waals surface area contributed by atoms with Crippen LogP contribution in [0.25, 0.3) is 0 Å². The average molecular weight is 267 g/mol. The number of ether oxygens (including phenoxy) is 2. The van der Waals surface area contributed by atoms with Gasteiger partial charge in [-0.15, -0.1) is 0 Å². The van der Waals surface area contributed by atoms with Crippen LogP contribution in [-0.2, 0) is 14.3 Å². The highest BCUT2D eigenvalue weighted by Crippen LogP contribution is 2.40. The molecule has 3 unspecified atom stereocenters. The van der Waals surface area contributed by atoms with Crippen LogP contribution in [0.1, 0.15) is 40.5 Å². The van der Waals surface area contributed by atoms with E-state index in [0.717, 1.165) is 19.6 Å². The SMILES string of the molecule is CC1(C)OC(C)(C)C(CN2CC3CCC(C2)O3)C1=O. The number of likely N-dealkylation sites (tertiary alicyclic amines) is 1. The Morgan fingerprint density at radius 1 is 1.16 bits per heavy atom. The van der Waals surface area contributed by atoms with Gasteiger partial charge in [0.2, 0.25) is 0 Å². The first-order chi connectivity index (χ1) is 8.78. The van der Waals surface area contributed by atoms with E-state index < -0.39 is 5.60 Å². The molecular formula is C15H25NO3. The molecule has 0 aliphatic carbocycles. The summed E-state index contributed by atoms with van der Waals surface area (Å²) >= 11 is 0. The van der Waals surface area contributed by atoms with E-state index in [1.54, 1.807) is 0 Å². The molecule has 3 rings (SSSR count). The molecule has 0 aromatic rings. The molecule has 108 valence electrons. The topological polar surface area (TPSA) is 38.8 Å². The molecule has 2 bridgehead atoms. The zero-order chi connectivity index (χ0) is 13.8. The van der Waals surface area contributed by atoms with Crippen molar-refractivity contribution < 1.29 is 14.3 Å². The van der Waals surface area contributed by atoms with Crippen molar-refractivity contribution >= 4 is 5.78 Å². The van der Waals surface area contributed by atoms with Gasteiger partial charge in [0.05, 0.1) is 23.7 Å². The summed E-state index contributed by atoms with van der Waals surface area (Å²) in [6.45, 7) is 10.6. The number of ketones is 1. The lowest BCUT2D eigenvalue weighted by Crippen LogP contribution is -2.48. The fourth-order valence-corrected chi connectivity index (χ4v) is 3.92. The van der Waals surface area contributed by atoms with Crippen molar-refractivity contribution in [2.45, 2.75) is 63.9 Å². The molecule has 0 aromatic carbocycles. The molecule has 4 nitrogen and oxygen atoms in total. The van der Waals surface area contributed by atoms with Crippen molar-refractivity contribution in [2.75, 3.05) is 19.6 Å². The van der Waals surface area contributed by atoms with E-state index in [2.05, 4.69) is 4.90 Å². The standard InChI is InChI=1S/C15H25NO3/c1-14(2)12(13(17)15(3,4)19-14)9-16-7-10-5-6-11(8-16)18-10/h10-12H,5-9H2,1-4H3. The van der Waals surface area contributed by atoms with E-state index >= 15 is 0 Å². The van der Waals surface area contributed by atoms with Gasteiger partial charge in [-0.1, -0.05) is 0 Å². The first-order valence-corrected chi connectivity index (χ1v) is 7.40. The van der Waals surface area contributed by atoms with Crippen molar-refractivity contribution in [2.24, 2.45) is 5.92 Å². The molecule has 0 N–H and O–H groups in total. The van der Waals surface area contributed by atoms with Gasteiger partial charge in [-0.3, -0.25) is 9.69 Å². The molecule has 0 spiro atoms. The summed E-state index contributed by atoms with van der Waals surface area (Å²) in [5, 5.41) is 0. The van der Waals surface area contributed by atoms with E-state index in [0.29, 0.717) is 12.2 Å². The molecule has 3 heterocycles. The third-order valence-corrected chi connectivity index (χ3v) is 4.83. The van der Waals surface area contributed by atoms with Crippen LogP contribution >= 0.6 is 0 Å². The minimum Gasteiger partial charge on any atom is -0.372 e. The Balaban J connectivity index is 1.71. The second-order valence-corrected chi connectivity index (χ2v) is 7.31. The van der Waals surface area contributed by atoms with E-state index in [4.69, 9.17) is 9.47 Å². The molecular weight excluding hydrogens is 242 g/mol. The molecule has 4 heteroatoms. The van der Waals surface area contributed by atoms with Gasteiger partial charge < -0.3 is 9.47 Å². The van der Waals surface area contributed by atoms with Crippen molar-refractivity contribution in [3.05, 3.63) is 0 Å². The zero-order valence-electron chi connectivity index (χ0n) is 12.4. The molecule has 0 aromatic heterocycles. The number of nitrogens with zero attached hydrogens (tertiary/aromatic N) is 1. The summed E-state index contributed by atoms with van der Waals surface area (Å²) in [6, 6.07) is 0. The van der Waals surface area contributed by atoms with Crippen LogP contribution in [0.2, 0.25) is 0 Å². The lowest BCUT2D eigenvalue weighted by atomic mass is 9.85. The van der Waals surface area contributed by atoms with Gasteiger partial charge in [0.15, 0.2) is 5.78 Å². The molecule has 3 aliphatic heterocycles. The van der Waals surface area contributed by atoms with Gasteiger partial charge in [0.25, 0.3) is 0 Å². The first kappa shape index (κ1) is 13.5. The quantitative estimate of drug-likeness (QED) is 0.762. The van der Waals surface area contributed by atoms with E-state index in [1.807, 2.05) is 27.7 Å². The van der Waals surface area contributed by atoms with Crippen LogP contribution in [0.5, 0.6) is 0 Å². The molecule has 19 heavy (non-hydrogen) atoms. The third kappa shape index (κ3) is 2.34. The maximum atomic E-state index is 12.5. The van der Waals surface area contributed by atoms with Crippen LogP contribution in [0.3, 0.4) is 0 Å². The minimum absolute atomic E-state index is 0.0278. The summed E-state index contributed by atoms with van der Waals surface area (Å²) in [4.78, 5) is 14.9. The van der Waals surface area contributed by atoms with Crippen LogP contribution < -0.4 is 0 Å². The molecule has 3 aliphatic rings. The Hall–Kier alpha value is -0.450. The summed E-state index contributed by atoms with van der Waals surface area (Å²) in [7, 11) is 0. The minimum atomic E-state index is -0.639. The van der Waals surface area contributed by atoms with Gasteiger partial charge in [-0.25, -0.2) is 0 Å². The maximum Gasteiger partial charge on any atom is 0.171 e. The Labute approximate surface area is 115 Å². The largest absolute Gasteiger partial charge is 0.372 e. The van der Waals surface area contributed by atoms with E-state index in [9.17, 15) is 4.79 Å². The summed E-state index contributed by atoms with van der Waals surface area (Å²) in [6.07, 6.45) is 3.11. The lowest BCUT2D eigenvalue weighted by molar-refractivity contribution is -0.132. The second-order valence-electron chi connectivity index (χ2n) is 7.31. The van der Waals surface area contributed by atoms with E-state index in [1.165, 1.54) is 12.8 Å². The Morgan fingerprint density at radius 2 is 1.74 bits per heavy atom. The lowest BCUT2D eigenvalue weighted by Gasteiger charge is -2.35. The predicted octanol–water partition coefficient (Wildman–Crippen LogP) is 1.62. The van der Waals surface area contributed by atoms with Gasteiger partial charge in [-0.2, -0.15) is 0 Å². The number of Topliss-reactive ketones (excluding diaryl/α,β-unsaturated/α-hetero) is 1. The fourth-order valence-electron chi connectivity index (χ4n) is 3.92. The average Bonchev–Trinajstić information content (AvgIpc) is 2.69. The van der Waals surface area contributed by atoms with Crippen LogP contribution in [0.15, 0.2) is 0 Å². The molecule has 0 saturated carbocycles. The highest BCUT2D eigenvalue weighted by atomic mass is 16.5. The summed E-state index contributed by atoms with van der Waals surface area (Å²) in [5.74, 6) is 0.219. The van der Waals surface area contributed by atoms with E-state index in [-0.39, 0.29) is 17.3 Å². The van der Waals surface area contributed by atoms with Gasteiger partial charge in [-0.05, 0) is 40.5 Å². The molecule has 3 saturated heterocycles. The Morgan fingerprint density at radius 3 is 2.21 bits per heavy atom. The van der Waals surface area contributed by atoms with Crippen LogP contribution in [-0.4, -0.2) is 53.7 Å². The number of fused-ring (bicyclic) bond motifs is 2. The zero-order valence-corrected chi connectivity index (χ0v) is 12.4. The molecule has 0 radical (unpaired) electrons. The van der Waals surface area contributed by atoms with Crippen molar-refractivity contribution in [1.29, 1.82) is 0 Å². The number of rotatable bonds is 2. The number of carbonyl (C=O) groups excluding carboxylic acids is 1. The van der Waals surface area contributed by atoms with Gasteiger partial charge in [0, 0.05) is 19.6 Å². The second kappa shape index (κ2) is 4.27. The smallest absolute Gasteiger partial charge is 0.171 e. The summed E-state index contributed by atoms with van der Waals surface area (Å²) in [5.41, 5.74) is -1.00. The molecule has 0 amide bonds. The number of hydrogen-bond acceptors (Lipinski definition) is 4. The molecule has 3 atom stereocenters. The van der Waals surface area contributed by atoms with Crippen molar-refractivity contribution in [3.63, 3.8) is 0 Å². The van der Waals surface area contributed by atoms with Crippen molar-refractivity contribution in [1.82, 2.24) is 4.90 Å². The number of morpholine rings is 1. The highest BCUT2D eigenvalue weighted by Gasteiger charge is 2.54. The number of hydrogen-bond donors (Lipinski definition) is 0. The number of carbonyl (C=O) groups is 1. The van der Waals surface area contributed by atoms with Crippen LogP contribution in [0.4, 0.5) is 0 Å². The maximum absolute atomic E-state index is 12.5. The normalized spacial score (nSPS) is 40.8. The Kier molecular flexibility index (Phi) is 3.04. The first-order valence-electron chi connectivity index (χ1n) is 7.40. The van der Waals surface area contributed by atoms with Gasteiger partial charge >= 0.3 is 0 Å². The summed E-state index contributed by atoms with van der Waals surface area (Å²) < 4.78 is 11.8. The van der Waals surface area contributed by atoms with Gasteiger partial charge in [0.1, 0.15) is 5.60 Å². The highest BCUT2D eigenvalue weighted by molar-refractivity contribution is 5.91. The fraction of sp³-hybridized carbons (Fsp3) is 0.933. The molecule has 3 fully saturated rings. The predicted molar refractivity (Wildman–Crippen MR) is 72.1 cm³/mol. The van der Waals surface area contributed by atoms with Crippen LogP contribution in [0, 0.1) is 5.92 Å². The Bertz CT molecular complexity index is 379. The third-order valence-electron chi connectivity index (χ3n) is 4.83.